The van der Waals surface area contributed by atoms with E-state index in [4.69, 9.17) is 17.4 Å². The van der Waals surface area contributed by atoms with Gasteiger partial charge in [0.15, 0.2) is 0 Å². The lowest BCUT2D eigenvalue weighted by atomic mass is 9.75. The van der Waals surface area contributed by atoms with E-state index < -0.39 is 10.0 Å². The minimum absolute atomic E-state index is 0.243. The molecule has 230 valence electrons. The molecule has 2 saturated heterocycles. The van der Waals surface area contributed by atoms with Crippen molar-refractivity contribution in [2.24, 2.45) is 18.9 Å². The van der Waals surface area contributed by atoms with Gasteiger partial charge < -0.3 is 9.30 Å². The van der Waals surface area contributed by atoms with Crippen LogP contribution in [0, 0.1) is 11.8 Å². The Kier molecular flexibility index (Phi) is 7.63. The number of benzene rings is 2. The van der Waals surface area contributed by atoms with E-state index in [1.165, 1.54) is 5.56 Å². The molecule has 1 saturated carbocycles. The molecular weight excluding hydrogens is 579 g/mol. The number of aromatic nitrogens is 3. The van der Waals surface area contributed by atoms with Crippen molar-refractivity contribution in [3.8, 4) is 0 Å². The first-order valence-corrected chi connectivity index (χ1v) is 17.7. The van der Waals surface area contributed by atoms with Crippen LogP contribution in [0.5, 0.6) is 0 Å². The number of ether oxygens (including phenoxy) is 1. The fraction of sp³-hybridized carbons (Fsp3) is 0.576. The van der Waals surface area contributed by atoms with Crippen molar-refractivity contribution in [2.45, 2.75) is 80.5 Å². The standard InChI is InChI=1S/C33H43N5O3S2/c1-22-16-37(11-5-8-30(42)23(22)2)17-24-12-28(25-9-10-25)29-18-38(43(39,40)31(29)13-24)27-7-4-6-26(14-27)33(19-41-20-33)15-32-35-34-21-36(32)3/h4,6-7,12-14,21-23,25,30,42H,5,8-11,15-20H2,1-3H3/t22?,23-,30?/m1/s1. The molecule has 8 nitrogen and oxygen atoms in total. The third-order valence-corrected chi connectivity index (χ3v) is 13.0. The summed E-state index contributed by atoms with van der Waals surface area (Å²) >= 11 is 4.86. The van der Waals surface area contributed by atoms with Gasteiger partial charge in [0.2, 0.25) is 0 Å². The molecule has 2 aromatic carbocycles. The van der Waals surface area contributed by atoms with Crippen LogP contribution in [-0.2, 0) is 46.7 Å². The first kappa shape index (κ1) is 29.3. The summed E-state index contributed by atoms with van der Waals surface area (Å²) in [6.07, 6.45) is 6.92. The molecule has 10 heteroatoms. The van der Waals surface area contributed by atoms with Crippen LogP contribution in [0.1, 0.15) is 73.5 Å². The van der Waals surface area contributed by atoms with E-state index >= 15 is 0 Å². The minimum Gasteiger partial charge on any atom is -0.379 e. The Morgan fingerprint density at radius 3 is 2.63 bits per heavy atom. The molecule has 1 aromatic heterocycles. The maximum atomic E-state index is 14.3. The molecule has 3 fully saturated rings. The predicted octanol–water partition coefficient (Wildman–Crippen LogP) is 5.08. The summed E-state index contributed by atoms with van der Waals surface area (Å²) in [6, 6.07) is 12.3. The van der Waals surface area contributed by atoms with Crippen molar-refractivity contribution < 1.29 is 13.2 Å². The number of rotatable bonds is 7. The van der Waals surface area contributed by atoms with Gasteiger partial charge in [0.1, 0.15) is 12.2 Å². The van der Waals surface area contributed by atoms with E-state index in [2.05, 4.69) is 47.1 Å². The molecule has 3 aliphatic heterocycles. The Balaban J connectivity index is 1.18. The van der Waals surface area contributed by atoms with E-state index in [1.54, 1.807) is 10.6 Å². The van der Waals surface area contributed by atoms with Crippen LogP contribution in [0.3, 0.4) is 0 Å². The van der Waals surface area contributed by atoms with Gasteiger partial charge in [0.05, 0.1) is 30.3 Å². The maximum Gasteiger partial charge on any atom is 0.264 e. The average molecular weight is 622 g/mol. The minimum atomic E-state index is -3.69. The van der Waals surface area contributed by atoms with Gasteiger partial charge in [-0.05, 0) is 90.4 Å². The zero-order valence-corrected chi connectivity index (χ0v) is 27.2. The first-order chi connectivity index (χ1) is 20.6. The number of aryl methyl sites for hydroxylation is 1. The third kappa shape index (κ3) is 5.42. The Labute approximate surface area is 261 Å². The Morgan fingerprint density at radius 1 is 1.12 bits per heavy atom. The summed E-state index contributed by atoms with van der Waals surface area (Å²) in [4.78, 5) is 3.03. The quantitative estimate of drug-likeness (QED) is 0.371. The third-order valence-electron chi connectivity index (χ3n) is 10.4. The van der Waals surface area contributed by atoms with Crippen LogP contribution in [-0.4, -0.2) is 59.6 Å². The van der Waals surface area contributed by atoms with Crippen molar-refractivity contribution >= 4 is 28.3 Å². The lowest BCUT2D eigenvalue weighted by molar-refractivity contribution is -0.0611. The molecule has 2 unspecified atom stereocenters. The largest absolute Gasteiger partial charge is 0.379 e. The molecule has 1 aliphatic carbocycles. The summed E-state index contributed by atoms with van der Waals surface area (Å²) in [7, 11) is -1.74. The van der Waals surface area contributed by atoms with Crippen molar-refractivity contribution in [3.05, 3.63) is 70.8 Å². The molecule has 4 heterocycles. The molecule has 0 spiro atoms. The summed E-state index contributed by atoms with van der Waals surface area (Å²) in [6.45, 7) is 9.02. The molecule has 7 rings (SSSR count). The first-order valence-electron chi connectivity index (χ1n) is 15.7. The van der Waals surface area contributed by atoms with Crippen LogP contribution < -0.4 is 4.31 Å². The number of hydrogen-bond donors (Lipinski definition) is 1. The molecule has 0 amide bonds. The second-order valence-corrected chi connectivity index (χ2v) is 16.1. The molecule has 0 bridgehead atoms. The smallest absolute Gasteiger partial charge is 0.264 e. The van der Waals surface area contributed by atoms with Crippen molar-refractivity contribution in [1.29, 1.82) is 0 Å². The molecule has 3 aromatic rings. The predicted molar refractivity (Wildman–Crippen MR) is 171 cm³/mol. The van der Waals surface area contributed by atoms with E-state index in [0.29, 0.717) is 59.8 Å². The van der Waals surface area contributed by atoms with Gasteiger partial charge in [-0.15, -0.1) is 10.2 Å². The monoisotopic (exact) mass is 621 g/mol. The Bertz CT molecular complexity index is 1610. The number of nitrogens with zero attached hydrogens (tertiary/aromatic N) is 5. The summed E-state index contributed by atoms with van der Waals surface area (Å²) in [5.41, 5.74) is 4.91. The number of hydrogen-bond acceptors (Lipinski definition) is 7. The van der Waals surface area contributed by atoms with Gasteiger partial charge in [-0.25, -0.2) is 8.42 Å². The number of sulfonamides is 1. The highest BCUT2D eigenvalue weighted by Crippen LogP contribution is 2.48. The average Bonchev–Trinajstić information content (AvgIpc) is 3.68. The van der Waals surface area contributed by atoms with Gasteiger partial charge >= 0.3 is 0 Å². The lowest BCUT2D eigenvalue weighted by Crippen LogP contribution is -2.49. The van der Waals surface area contributed by atoms with Crippen LogP contribution >= 0.6 is 12.6 Å². The molecular formula is C33H43N5O3S2. The van der Waals surface area contributed by atoms with Crippen LogP contribution in [0.15, 0.2) is 47.6 Å². The summed E-state index contributed by atoms with van der Waals surface area (Å²) in [5, 5.41) is 8.81. The SMILES string of the molecule is CC1CN(Cc2cc(C3CC3)c3c(c2)S(=O)(=O)N(c2cccc(C4(Cc5nncn5C)COC4)c2)C3)CCCC(S)[C@@H]1C. The van der Waals surface area contributed by atoms with Gasteiger partial charge in [-0.2, -0.15) is 12.6 Å². The Morgan fingerprint density at radius 2 is 1.93 bits per heavy atom. The second-order valence-electron chi connectivity index (χ2n) is 13.6. The topological polar surface area (TPSA) is 80.6 Å². The molecule has 43 heavy (non-hydrogen) atoms. The fourth-order valence-corrected chi connectivity index (χ4v) is 9.46. The number of thiol groups is 1. The summed E-state index contributed by atoms with van der Waals surface area (Å²) in [5.74, 6) is 2.47. The van der Waals surface area contributed by atoms with Gasteiger partial charge in [0.25, 0.3) is 10.0 Å². The van der Waals surface area contributed by atoms with Gasteiger partial charge in [-0.3, -0.25) is 9.21 Å². The highest BCUT2D eigenvalue weighted by atomic mass is 32.2. The van der Waals surface area contributed by atoms with E-state index in [-0.39, 0.29) is 5.41 Å². The molecule has 0 N–H and O–H groups in total. The zero-order valence-electron chi connectivity index (χ0n) is 25.4. The van der Waals surface area contributed by atoms with Crippen molar-refractivity contribution in [2.75, 3.05) is 30.6 Å². The Hall–Kier alpha value is -2.40. The van der Waals surface area contributed by atoms with Gasteiger partial charge in [-0.1, -0.05) is 32.0 Å². The van der Waals surface area contributed by atoms with E-state index in [9.17, 15) is 8.42 Å². The second kappa shape index (κ2) is 11.2. The normalized spacial score (nSPS) is 26.9. The number of anilines is 1. The van der Waals surface area contributed by atoms with Crippen molar-refractivity contribution in [1.82, 2.24) is 19.7 Å². The van der Waals surface area contributed by atoms with Gasteiger partial charge in [0, 0.05) is 37.2 Å². The van der Waals surface area contributed by atoms with Crippen LogP contribution in [0.4, 0.5) is 5.69 Å². The van der Waals surface area contributed by atoms with Crippen LogP contribution in [0.2, 0.25) is 0 Å². The fourth-order valence-electron chi connectivity index (χ4n) is 7.27. The zero-order chi connectivity index (χ0) is 29.9. The molecule has 0 radical (unpaired) electrons. The highest BCUT2D eigenvalue weighted by molar-refractivity contribution is 7.93. The number of likely N-dealkylation sites (tertiary alicyclic amines) is 1. The maximum absolute atomic E-state index is 14.3. The number of fused-ring (bicyclic) bond motifs is 1. The van der Waals surface area contributed by atoms with Crippen LogP contribution in [0.25, 0.3) is 0 Å². The molecule has 3 atom stereocenters. The highest BCUT2D eigenvalue weighted by Gasteiger charge is 2.44. The lowest BCUT2D eigenvalue weighted by Gasteiger charge is -2.42. The van der Waals surface area contributed by atoms with E-state index in [1.807, 2.05) is 29.8 Å². The summed E-state index contributed by atoms with van der Waals surface area (Å²) < 4.78 is 37.8. The molecule has 4 aliphatic rings. The van der Waals surface area contributed by atoms with E-state index in [0.717, 1.165) is 67.8 Å². The van der Waals surface area contributed by atoms with Crippen molar-refractivity contribution in [3.63, 3.8) is 0 Å².